The number of aromatic hydroxyl groups is 1. The minimum atomic E-state index is -0.727. The summed E-state index contributed by atoms with van der Waals surface area (Å²) in [6, 6.07) is 9.91. The van der Waals surface area contributed by atoms with E-state index in [9.17, 15) is 24.8 Å². The fourth-order valence-corrected chi connectivity index (χ4v) is 4.67. The van der Waals surface area contributed by atoms with Crippen molar-refractivity contribution in [3.63, 3.8) is 0 Å². The molecule has 160 valence electrons. The first-order chi connectivity index (χ1) is 14.8. The van der Waals surface area contributed by atoms with Crippen LogP contribution in [0.4, 0.5) is 5.69 Å². The second-order valence-electron chi connectivity index (χ2n) is 7.59. The first kappa shape index (κ1) is 20.9. The van der Waals surface area contributed by atoms with Gasteiger partial charge in [0, 0.05) is 41.1 Å². The Morgan fingerprint density at radius 3 is 2.61 bits per heavy atom. The Labute approximate surface area is 182 Å². The van der Waals surface area contributed by atoms with Crippen molar-refractivity contribution < 1.29 is 24.4 Å². The quantitative estimate of drug-likeness (QED) is 0.546. The van der Waals surface area contributed by atoms with E-state index >= 15 is 0 Å². The molecule has 2 aromatic carbocycles. The fourth-order valence-electron chi connectivity index (χ4n) is 4.38. The van der Waals surface area contributed by atoms with Gasteiger partial charge in [0.25, 0.3) is 0 Å². The highest BCUT2D eigenvalue weighted by Crippen LogP contribution is 2.46. The lowest BCUT2D eigenvalue weighted by Gasteiger charge is -2.34. The molecule has 2 aromatic rings. The molecule has 1 amide bonds. The highest BCUT2D eigenvalue weighted by atomic mass is 35.5. The van der Waals surface area contributed by atoms with Crippen molar-refractivity contribution in [2.75, 3.05) is 7.11 Å². The van der Waals surface area contributed by atoms with Crippen LogP contribution in [0.25, 0.3) is 0 Å². The number of halogens is 1. The number of methoxy groups -OCH3 is 1. The predicted octanol–water partition coefficient (Wildman–Crippen LogP) is 3.97. The maximum absolute atomic E-state index is 13.2. The molecule has 4 rings (SSSR count). The number of hydrogen-bond acceptors (Lipinski definition) is 6. The van der Waals surface area contributed by atoms with E-state index in [-0.39, 0.29) is 36.2 Å². The summed E-state index contributed by atoms with van der Waals surface area (Å²) in [6.07, 6.45) is 0.600. The van der Waals surface area contributed by atoms with E-state index < -0.39 is 22.3 Å². The number of rotatable bonds is 4. The summed E-state index contributed by atoms with van der Waals surface area (Å²) in [7, 11) is 1.28. The fraction of sp³-hybridized carbons (Fsp3) is 0.273. The van der Waals surface area contributed by atoms with E-state index in [2.05, 4.69) is 5.32 Å². The summed E-state index contributed by atoms with van der Waals surface area (Å²) in [6.45, 7) is 0. The van der Waals surface area contributed by atoms with Crippen LogP contribution >= 0.6 is 11.6 Å². The van der Waals surface area contributed by atoms with Crippen LogP contribution in [0.3, 0.4) is 0 Å². The monoisotopic (exact) mass is 442 g/mol. The number of allylic oxidation sites excluding steroid dienone is 2. The van der Waals surface area contributed by atoms with Crippen LogP contribution in [-0.4, -0.2) is 28.8 Å². The minimum absolute atomic E-state index is 0.0353. The SMILES string of the molecule is COc1cc([C@@H]2CC(=O)NC3=C2C(=O)C[C@H](c2ccccc2Cl)C3)cc([N+](=O)[O-])c1O. The van der Waals surface area contributed by atoms with Crippen molar-refractivity contribution in [2.24, 2.45) is 0 Å². The van der Waals surface area contributed by atoms with Gasteiger partial charge in [-0.1, -0.05) is 29.8 Å². The van der Waals surface area contributed by atoms with Gasteiger partial charge in [-0.25, -0.2) is 0 Å². The van der Waals surface area contributed by atoms with Crippen LogP contribution in [0.1, 0.15) is 42.2 Å². The number of nitro benzene ring substituents is 1. The number of ketones is 1. The van der Waals surface area contributed by atoms with E-state index in [1.165, 1.54) is 19.2 Å². The van der Waals surface area contributed by atoms with E-state index in [0.29, 0.717) is 28.3 Å². The molecule has 2 aliphatic rings. The largest absolute Gasteiger partial charge is 0.500 e. The summed E-state index contributed by atoms with van der Waals surface area (Å²) in [4.78, 5) is 36.3. The maximum Gasteiger partial charge on any atom is 0.314 e. The van der Waals surface area contributed by atoms with Gasteiger partial charge < -0.3 is 15.2 Å². The van der Waals surface area contributed by atoms with Crippen molar-refractivity contribution >= 4 is 29.0 Å². The molecule has 2 atom stereocenters. The average Bonchev–Trinajstić information content (AvgIpc) is 2.73. The molecule has 0 saturated carbocycles. The molecule has 0 saturated heterocycles. The standard InChI is InChI=1S/C22H19ClN2O6/c1-31-19-9-12(7-17(22(19)28)25(29)30)14-10-20(27)24-16-6-11(8-18(26)21(14)16)13-4-2-3-5-15(13)23/h2-5,7,9,11,14,28H,6,8,10H2,1H3,(H,24,27)/t11-,14+/m1/s1. The Kier molecular flexibility index (Phi) is 5.41. The number of carbonyl (C=O) groups excluding carboxylic acids is 2. The highest BCUT2D eigenvalue weighted by Gasteiger charge is 2.39. The van der Waals surface area contributed by atoms with Crippen LogP contribution in [0.15, 0.2) is 47.7 Å². The number of carbonyl (C=O) groups is 2. The number of phenols is 1. The number of ether oxygens (including phenoxy) is 1. The highest BCUT2D eigenvalue weighted by molar-refractivity contribution is 6.31. The topological polar surface area (TPSA) is 119 Å². The van der Waals surface area contributed by atoms with Crippen molar-refractivity contribution in [3.8, 4) is 11.5 Å². The lowest BCUT2D eigenvalue weighted by Crippen LogP contribution is -2.38. The first-order valence-electron chi connectivity index (χ1n) is 9.66. The van der Waals surface area contributed by atoms with Crippen LogP contribution in [-0.2, 0) is 9.59 Å². The van der Waals surface area contributed by atoms with E-state index in [1.54, 1.807) is 6.07 Å². The van der Waals surface area contributed by atoms with Gasteiger partial charge in [0.2, 0.25) is 11.7 Å². The summed E-state index contributed by atoms with van der Waals surface area (Å²) in [5.41, 5.74) is 1.61. The predicted molar refractivity (Wildman–Crippen MR) is 112 cm³/mol. The minimum Gasteiger partial charge on any atom is -0.500 e. The first-order valence-corrected chi connectivity index (χ1v) is 10.0. The number of nitrogens with zero attached hydrogens (tertiary/aromatic N) is 1. The third kappa shape index (κ3) is 3.74. The molecular weight excluding hydrogens is 424 g/mol. The second kappa shape index (κ2) is 8.03. The molecule has 0 fully saturated rings. The summed E-state index contributed by atoms with van der Waals surface area (Å²) in [5, 5.41) is 24.8. The zero-order valence-corrected chi connectivity index (χ0v) is 17.3. The summed E-state index contributed by atoms with van der Waals surface area (Å²) >= 11 is 6.31. The third-order valence-corrected chi connectivity index (χ3v) is 6.12. The summed E-state index contributed by atoms with van der Waals surface area (Å²) < 4.78 is 5.07. The molecule has 1 heterocycles. The number of benzene rings is 2. The number of hydrogen-bond donors (Lipinski definition) is 2. The molecule has 1 aliphatic carbocycles. The van der Waals surface area contributed by atoms with Gasteiger partial charge in [-0.05, 0) is 35.6 Å². The molecule has 0 unspecified atom stereocenters. The Hall–Kier alpha value is -3.39. The van der Waals surface area contributed by atoms with Crippen LogP contribution in [0.5, 0.6) is 11.5 Å². The third-order valence-electron chi connectivity index (χ3n) is 5.78. The molecule has 31 heavy (non-hydrogen) atoms. The molecule has 0 spiro atoms. The van der Waals surface area contributed by atoms with Crippen LogP contribution < -0.4 is 10.1 Å². The van der Waals surface area contributed by atoms with E-state index in [1.807, 2.05) is 18.2 Å². The molecule has 2 N–H and O–H groups in total. The zero-order chi connectivity index (χ0) is 22.3. The Morgan fingerprint density at radius 1 is 1.19 bits per heavy atom. The second-order valence-corrected chi connectivity index (χ2v) is 8.00. The number of nitro groups is 1. The van der Waals surface area contributed by atoms with Gasteiger partial charge in [-0.3, -0.25) is 19.7 Å². The molecule has 0 bridgehead atoms. The van der Waals surface area contributed by atoms with Gasteiger partial charge in [0.05, 0.1) is 12.0 Å². The van der Waals surface area contributed by atoms with Crippen molar-refractivity contribution in [2.45, 2.75) is 31.1 Å². The molecule has 8 nitrogen and oxygen atoms in total. The van der Waals surface area contributed by atoms with Gasteiger partial charge in [-0.15, -0.1) is 0 Å². The van der Waals surface area contributed by atoms with E-state index in [0.717, 1.165) is 5.56 Å². The molecule has 0 aromatic heterocycles. The van der Waals surface area contributed by atoms with Gasteiger partial charge in [0.15, 0.2) is 11.5 Å². The Bertz CT molecular complexity index is 1140. The zero-order valence-electron chi connectivity index (χ0n) is 16.6. The Balaban J connectivity index is 1.79. The molecule has 0 radical (unpaired) electrons. The lowest BCUT2D eigenvalue weighted by atomic mass is 9.73. The molecular formula is C22H19ClN2O6. The van der Waals surface area contributed by atoms with Crippen molar-refractivity contribution in [3.05, 3.63) is 73.9 Å². The van der Waals surface area contributed by atoms with Crippen molar-refractivity contribution in [1.82, 2.24) is 5.32 Å². The van der Waals surface area contributed by atoms with Crippen LogP contribution in [0, 0.1) is 10.1 Å². The van der Waals surface area contributed by atoms with Gasteiger partial charge >= 0.3 is 5.69 Å². The van der Waals surface area contributed by atoms with E-state index in [4.69, 9.17) is 16.3 Å². The van der Waals surface area contributed by atoms with Crippen molar-refractivity contribution in [1.29, 1.82) is 0 Å². The maximum atomic E-state index is 13.2. The smallest absolute Gasteiger partial charge is 0.314 e. The Morgan fingerprint density at radius 2 is 1.94 bits per heavy atom. The average molecular weight is 443 g/mol. The number of nitrogens with one attached hydrogen (secondary N) is 1. The van der Waals surface area contributed by atoms with Crippen LogP contribution in [0.2, 0.25) is 5.02 Å². The normalized spacial score (nSPS) is 20.8. The molecule has 1 aliphatic heterocycles. The van der Waals surface area contributed by atoms with Gasteiger partial charge in [0.1, 0.15) is 0 Å². The number of amides is 1. The summed E-state index contributed by atoms with van der Waals surface area (Å²) in [5.74, 6) is -1.97. The number of phenolic OH excluding ortho intramolecular Hbond substituents is 1. The molecule has 9 heteroatoms. The van der Waals surface area contributed by atoms with Gasteiger partial charge in [-0.2, -0.15) is 0 Å². The number of Topliss-reactive ketones (excluding diaryl/α,β-unsaturated/α-hetero) is 1. The lowest BCUT2D eigenvalue weighted by molar-refractivity contribution is -0.386.